The zero-order valence-corrected chi connectivity index (χ0v) is 10.7. The van der Waals surface area contributed by atoms with Gasteiger partial charge in [-0.1, -0.05) is 25.2 Å². The summed E-state index contributed by atoms with van der Waals surface area (Å²) in [7, 11) is 1.83. The molecule has 2 N–H and O–H groups in total. The Morgan fingerprint density at radius 1 is 1.50 bits per heavy atom. The summed E-state index contributed by atoms with van der Waals surface area (Å²) in [6, 6.07) is 0. The maximum atomic E-state index is 11.7. The van der Waals surface area contributed by atoms with Gasteiger partial charge in [0.05, 0.1) is 0 Å². The lowest BCUT2D eigenvalue weighted by Gasteiger charge is -2.08. The van der Waals surface area contributed by atoms with Crippen molar-refractivity contribution in [3.63, 3.8) is 0 Å². The van der Waals surface area contributed by atoms with Crippen molar-refractivity contribution in [3.05, 3.63) is 5.01 Å². The maximum absolute atomic E-state index is 11.7. The Bertz CT molecular complexity index is 339. The fourth-order valence-electron chi connectivity index (χ4n) is 1.25. The van der Waals surface area contributed by atoms with Gasteiger partial charge in [-0.25, -0.2) is 0 Å². The predicted molar refractivity (Wildman–Crippen MR) is 65.6 cm³/mol. The molecule has 0 aliphatic carbocycles. The van der Waals surface area contributed by atoms with Crippen LogP contribution in [0.2, 0.25) is 0 Å². The van der Waals surface area contributed by atoms with Gasteiger partial charge in [-0.2, -0.15) is 0 Å². The first-order chi connectivity index (χ1) is 7.67. The van der Waals surface area contributed by atoms with Gasteiger partial charge in [-0.15, -0.1) is 10.2 Å². The highest BCUT2D eigenvalue weighted by atomic mass is 32.1. The monoisotopic (exact) mass is 242 g/mol. The van der Waals surface area contributed by atoms with E-state index in [0.717, 1.165) is 17.8 Å². The molecule has 1 unspecified atom stereocenters. The number of anilines is 1. The average Bonchev–Trinajstić information content (AvgIpc) is 2.66. The minimum Gasteiger partial charge on any atom is -0.319 e. The summed E-state index contributed by atoms with van der Waals surface area (Å²) in [5.41, 5.74) is 0. The quantitative estimate of drug-likeness (QED) is 0.788. The number of amides is 1. The number of carbonyl (C=O) groups is 1. The largest absolute Gasteiger partial charge is 0.319 e. The Morgan fingerprint density at radius 2 is 2.25 bits per heavy atom. The number of hydrogen-bond acceptors (Lipinski definition) is 5. The van der Waals surface area contributed by atoms with Gasteiger partial charge in [-0.05, 0) is 13.5 Å². The summed E-state index contributed by atoms with van der Waals surface area (Å²) in [5.74, 6) is -0.0860. The molecule has 16 heavy (non-hydrogen) atoms. The first kappa shape index (κ1) is 13.1. The third kappa shape index (κ3) is 3.86. The molecule has 1 amide bonds. The van der Waals surface area contributed by atoms with Crippen molar-refractivity contribution in [2.75, 3.05) is 18.9 Å². The first-order valence-corrected chi connectivity index (χ1v) is 6.26. The van der Waals surface area contributed by atoms with Gasteiger partial charge in [0.2, 0.25) is 11.0 Å². The van der Waals surface area contributed by atoms with E-state index in [9.17, 15) is 4.79 Å². The molecule has 0 radical (unpaired) electrons. The van der Waals surface area contributed by atoms with Crippen LogP contribution in [0.3, 0.4) is 0 Å². The number of aromatic nitrogens is 2. The highest BCUT2D eigenvalue weighted by Crippen LogP contribution is 2.17. The smallest absolute Gasteiger partial charge is 0.230 e. The molecule has 1 atom stereocenters. The maximum Gasteiger partial charge on any atom is 0.230 e. The Hall–Kier alpha value is -1.01. The molecule has 0 spiro atoms. The summed E-state index contributed by atoms with van der Waals surface area (Å²) in [4.78, 5) is 11.7. The van der Waals surface area contributed by atoms with Crippen molar-refractivity contribution in [3.8, 4) is 0 Å². The molecule has 1 rings (SSSR count). The van der Waals surface area contributed by atoms with Gasteiger partial charge >= 0.3 is 0 Å². The van der Waals surface area contributed by atoms with E-state index in [0.29, 0.717) is 11.7 Å². The molecule has 0 fully saturated rings. The normalized spacial score (nSPS) is 12.4. The number of nitrogens with zero attached hydrogens (tertiary/aromatic N) is 2. The third-order valence-corrected chi connectivity index (χ3v) is 3.02. The lowest BCUT2D eigenvalue weighted by atomic mass is 10.2. The number of nitrogens with one attached hydrogen (secondary N) is 2. The van der Waals surface area contributed by atoms with Crippen molar-refractivity contribution >= 4 is 22.4 Å². The van der Waals surface area contributed by atoms with Crippen LogP contribution in [0.15, 0.2) is 0 Å². The van der Waals surface area contributed by atoms with Gasteiger partial charge in [0.15, 0.2) is 0 Å². The van der Waals surface area contributed by atoms with Crippen LogP contribution in [-0.4, -0.2) is 29.7 Å². The Morgan fingerprint density at radius 3 is 2.88 bits per heavy atom. The lowest BCUT2D eigenvalue weighted by molar-refractivity contribution is -0.119. The molecular weight excluding hydrogens is 224 g/mol. The van der Waals surface area contributed by atoms with Crippen molar-refractivity contribution in [2.24, 2.45) is 5.92 Å². The van der Waals surface area contributed by atoms with E-state index >= 15 is 0 Å². The van der Waals surface area contributed by atoms with E-state index in [2.05, 4.69) is 27.8 Å². The van der Waals surface area contributed by atoms with E-state index in [1.54, 1.807) is 0 Å². The van der Waals surface area contributed by atoms with E-state index in [1.165, 1.54) is 11.3 Å². The van der Waals surface area contributed by atoms with E-state index in [4.69, 9.17) is 0 Å². The minimum absolute atomic E-state index is 0.0199. The summed E-state index contributed by atoms with van der Waals surface area (Å²) >= 11 is 1.45. The van der Waals surface area contributed by atoms with Crippen LogP contribution in [0.5, 0.6) is 0 Å². The Balaban J connectivity index is 2.49. The van der Waals surface area contributed by atoms with Crippen LogP contribution in [0.4, 0.5) is 5.13 Å². The van der Waals surface area contributed by atoms with Crippen molar-refractivity contribution in [1.82, 2.24) is 15.5 Å². The number of hydrogen-bond donors (Lipinski definition) is 2. The minimum atomic E-state index is -0.0662. The standard InChI is InChI=1S/C10H18N4OS/c1-4-5-8-13-14-10(16-8)12-9(15)7(2)6-11-3/h7,11H,4-6H2,1-3H3,(H,12,14,15). The fourth-order valence-corrected chi connectivity index (χ4v) is 2.09. The summed E-state index contributed by atoms with van der Waals surface area (Å²) in [6.07, 6.45) is 1.96. The second-order valence-corrected chi connectivity index (χ2v) is 4.76. The second-order valence-electron chi connectivity index (χ2n) is 3.70. The van der Waals surface area contributed by atoms with Gasteiger partial charge in [0, 0.05) is 18.9 Å². The van der Waals surface area contributed by atoms with E-state index in [-0.39, 0.29) is 11.8 Å². The van der Waals surface area contributed by atoms with Crippen LogP contribution in [0.1, 0.15) is 25.3 Å². The fraction of sp³-hybridized carbons (Fsp3) is 0.700. The van der Waals surface area contributed by atoms with Crippen molar-refractivity contribution < 1.29 is 4.79 Å². The second kappa shape index (κ2) is 6.55. The van der Waals surface area contributed by atoms with Crippen molar-refractivity contribution in [2.45, 2.75) is 26.7 Å². The van der Waals surface area contributed by atoms with Gasteiger partial charge in [0.25, 0.3) is 0 Å². The number of carbonyl (C=O) groups excluding carboxylic acids is 1. The molecular formula is C10H18N4OS. The predicted octanol–water partition coefficient (Wildman–Crippen LogP) is 1.28. The molecule has 0 aromatic carbocycles. The van der Waals surface area contributed by atoms with Crippen LogP contribution >= 0.6 is 11.3 Å². The number of aryl methyl sites for hydroxylation is 1. The highest BCUT2D eigenvalue weighted by Gasteiger charge is 2.14. The zero-order chi connectivity index (χ0) is 12.0. The molecule has 0 saturated carbocycles. The zero-order valence-electron chi connectivity index (χ0n) is 9.91. The van der Waals surface area contributed by atoms with E-state index in [1.807, 2.05) is 14.0 Å². The Kier molecular flexibility index (Phi) is 5.34. The van der Waals surface area contributed by atoms with Crippen LogP contribution < -0.4 is 10.6 Å². The summed E-state index contributed by atoms with van der Waals surface area (Å²) < 4.78 is 0. The molecule has 0 aliphatic rings. The molecule has 0 aliphatic heterocycles. The van der Waals surface area contributed by atoms with Crippen LogP contribution in [0.25, 0.3) is 0 Å². The molecule has 1 aromatic heterocycles. The molecule has 1 heterocycles. The topological polar surface area (TPSA) is 66.9 Å². The first-order valence-electron chi connectivity index (χ1n) is 5.45. The number of rotatable bonds is 6. The SMILES string of the molecule is CCCc1nnc(NC(=O)C(C)CNC)s1. The van der Waals surface area contributed by atoms with Gasteiger partial charge in [0.1, 0.15) is 5.01 Å². The summed E-state index contributed by atoms with van der Waals surface area (Å²) in [6.45, 7) is 4.63. The average molecular weight is 242 g/mol. The lowest BCUT2D eigenvalue weighted by Crippen LogP contribution is -2.28. The molecule has 5 nitrogen and oxygen atoms in total. The third-order valence-electron chi connectivity index (χ3n) is 2.12. The Labute approximate surface area is 99.7 Å². The van der Waals surface area contributed by atoms with Gasteiger partial charge < -0.3 is 10.6 Å². The van der Waals surface area contributed by atoms with Crippen molar-refractivity contribution in [1.29, 1.82) is 0 Å². The molecule has 6 heteroatoms. The summed E-state index contributed by atoms with van der Waals surface area (Å²) in [5, 5.41) is 15.2. The molecule has 1 aromatic rings. The van der Waals surface area contributed by atoms with Crippen LogP contribution in [-0.2, 0) is 11.2 Å². The molecule has 0 bridgehead atoms. The highest BCUT2D eigenvalue weighted by molar-refractivity contribution is 7.15. The van der Waals surface area contributed by atoms with Gasteiger partial charge in [-0.3, -0.25) is 4.79 Å². The van der Waals surface area contributed by atoms with E-state index < -0.39 is 0 Å². The van der Waals surface area contributed by atoms with Crippen LogP contribution in [0, 0.1) is 5.92 Å². The molecule has 90 valence electrons. The molecule has 0 saturated heterocycles.